The van der Waals surface area contributed by atoms with Crippen molar-refractivity contribution in [1.29, 1.82) is 0 Å². The maximum absolute atomic E-state index is 12.2. The van der Waals surface area contributed by atoms with Crippen molar-refractivity contribution in [3.8, 4) is 11.4 Å². The Bertz CT molecular complexity index is 1200. The molecule has 158 valence electrons. The number of ether oxygens (including phenoxy) is 1. The summed E-state index contributed by atoms with van der Waals surface area (Å²) in [5, 5.41) is 15.3. The Kier molecular flexibility index (Phi) is 6.53. The van der Waals surface area contributed by atoms with Crippen LogP contribution in [0.5, 0.6) is 5.75 Å². The number of amides is 1. The molecular weight excluding hydrogens is 434 g/mol. The van der Waals surface area contributed by atoms with Crippen molar-refractivity contribution in [2.75, 3.05) is 12.4 Å². The van der Waals surface area contributed by atoms with Crippen LogP contribution >= 0.6 is 23.1 Å². The van der Waals surface area contributed by atoms with Crippen LogP contribution in [0.4, 0.5) is 0 Å². The molecule has 4 rings (SSSR count). The second-order valence-electron chi connectivity index (χ2n) is 6.36. The first kappa shape index (κ1) is 20.9. The predicted octanol–water partition coefficient (Wildman–Crippen LogP) is 3.30. The van der Waals surface area contributed by atoms with E-state index in [4.69, 9.17) is 4.74 Å². The van der Waals surface area contributed by atoms with E-state index in [2.05, 4.69) is 31.0 Å². The number of nitrogens with one attached hydrogen (secondary N) is 1. The molecule has 0 saturated carbocycles. The van der Waals surface area contributed by atoms with Crippen LogP contribution in [0.25, 0.3) is 15.9 Å². The number of tetrazole rings is 1. The van der Waals surface area contributed by atoms with Crippen molar-refractivity contribution in [1.82, 2.24) is 30.6 Å². The number of benzene rings is 2. The van der Waals surface area contributed by atoms with E-state index in [-0.39, 0.29) is 11.7 Å². The van der Waals surface area contributed by atoms with Crippen LogP contribution in [-0.4, -0.2) is 49.2 Å². The van der Waals surface area contributed by atoms with Crippen LogP contribution < -0.4 is 10.2 Å². The summed E-state index contributed by atoms with van der Waals surface area (Å²) >= 11 is 2.93. The van der Waals surface area contributed by atoms with Crippen LogP contribution in [0, 0.1) is 0 Å². The third-order valence-corrected chi connectivity index (χ3v) is 6.39. The number of carbonyl (C=O) groups is 1. The molecule has 1 amide bonds. The fourth-order valence-corrected chi connectivity index (χ4v) is 4.60. The van der Waals surface area contributed by atoms with Crippen molar-refractivity contribution in [3.63, 3.8) is 0 Å². The number of hydrogen-bond acceptors (Lipinski definition) is 9. The Balaban J connectivity index is 1.32. The molecule has 9 nitrogen and oxygen atoms in total. The smallest absolute Gasteiger partial charge is 0.250 e. The Labute approximate surface area is 186 Å². The van der Waals surface area contributed by atoms with Gasteiger partial charge in [0.25, 0.3) is 5.91 Å². The van der Waals surface area contributed by atoms with Crippen molar-refractivity contribution < 1.29 is 9.53 Å². The number of hydrazone groups is 1. The molecule has 0 spiro atoms. The first-order chi connectivity index (χ1) is 15.1. The lowest BCUT2D eigenvalue weighted by atomic mass is 10.1. The Hall–Kier alpha value is -3.31. The van der Waals surface area contributed by atoms with E-state index in [0.717, 1.165) is 31.6 Å². The fraction of sp³-hybridized carbons (Fsp3) is 0.200. The molecule has 2 aromatic carbocycles. The fourth-order valence-electron chi connectivity index (χ4n) is 2.71. The molecule has 0 aliphatic rings. The molecule has 2 aromatic heterocycles. The van der Waals surface area contributed by atoms with Crippen LogP contribution in [0.2, 0.25) is 0 Å². The van der Waals surface area contributed by atoms with Gasteiger partial charge in [0.05, 0.1) is 34.0 Å². The molecule has 0 unspecified atom stereocenters. The predicted molar refractivity (Wildman–Crippen MR) is 121 cm³/mol. The van der Waals surface area contributed by atoms with Crippen LogP contribution in [0.1, 0.15) is 19.4 Å². The summed E-state index contributed by atoms with van der Waals surface area (Å²) in [4.78, 5) is 16.8. The summed E-state index contributed by atoms with van der Waals surface area (Å²) in [7, 11) is 0. The Morgan fingerprint density at radius 3 is 2.84 bits per heavy atom. The zero-order valence-electron chi connectivity index (χ0n) is 16.8. The van der Waals surface area contributed by atoms with E-state index in [0.29, 0.717) is 12.3 Å². The highest BCUT2D eigenvalue weighted by Gasteiger charge is 2.09. The van der Waals surface area contributed by atoms with Gasteiger partial charge in [-0.05, 0) is 60.2 Å². The van der Waals surface area contributed by atoms with Crippen LogP contribution in [0.3, 0.4) is 0 Å². The molecule has 31 heavy (non-hydrogen) atoms. The number of rotatable bonds is 8. The van der Waals surface area contributed by atoms with Crippen molar-refractivity contribution >= 4 is 44.9 Å². The maximum Gasteiger partial charge on any atom is 0.250 e. The molecule has 0 atom stereocenters. The third-order valence-electron chi connectivity index (χ3n) is 4.22. The SMILES string of the molecule is CCOc1ccc2nc(SCC(=O)N/N=C(\C)c3ccc(-n4cnnn4)cc3)sc2c1. The number of hydrogen-bond donors (Lipinski definition) is 1. The second-order valence-corrected chi connectivity index (χ2v) is 8.62. The van der Waals surface area contributed by atoms with Gasteiger partial charge in [-0.15, -0.1) is 16.4 Å². The van der Waals surface area contributed by atoms with E-state index >= 15 is 0 Å². The Morgan fingerprint density at radius 2 is 2.10 bits per heavy atom. The van der Waals surface area contributed by atoms with Gasteiger partial charge in [0, 0.05) is 0 Å². The number of nitrogens with zero attached hydrogens (tertiary/aromatic N) is 6. The molecule has 0 saturated heterocycles. The molecule has 11 heteroatoms. The number of thioether (sulfide) groups is 1. The minimum absolute atomic E-state index is 0.191. The maximum atomic E-state index is 12.2. The average molecular weight is 454 g/mol. The van der Waals surface area contributed by atoms with Gasteiger partial charge in [-0.25, -0.2) is 15.1 Å². The molecule has 4 aromatic rings. The van der Waals surface area contributed by atoms with Crippen LogP contribution in [-0.2, 0) is 4.79 Å². The highest BCUT2D eigenvalue weighted by molar-refractivity contribution is 8.01. The van der Waals surface area contributed by atoms with E-state index in [1.54, 1.807) is 16.0 Å². The third kappa shape index (κ3) is 5.25. The first-order valence-electron chi connectivity index (χ1n) is 9.45. The molecule has 0 radical (unpaired) electrons. The summed E-state index contributed by atoms with van der Waals surface area (Å²) in [5.74, 6) is 0.861. The zero-order valence-corrected chi connectivity index (χ0v) is 18.5. The summed E-state index contributed by atoms with van der Waals surface area (Å²) in [6, 6.07) is 13.4. The van der Waals surface area contributed by atoms with Crippen molar-refractivity contribution in [2.24, 2.45) is 5.10 Å². The van der Waals surface area contributed by atoms with E-state index in [1.807, 2.05) is 56.3 Å². The summed E-state index contributed by atoms with van der Waals surface area (Å²) < 4.78 is 8.95. The zero-order chi connectivity index (χ0) is 21.6. The number of fused-ring (bicyclic) bond motifs is 1. The van der Waals surface area contributed by atoms with Crippen molar-refractivity contribution in [3.05, 3.63) is 54.4 Å². The molecule has 0 bridgehead atoms. The lowest BCUT2D eigenvalue weighted by Crippen LogP contribution is -2.21. The number of thiazole rings is 1. The van der Waals surface area contributed by atoms with Gasteiger partial charge in [0.15, 0.2) is 4.34 Å². The summed E-state index contributed by atoms with van der Waals surface area (Å²) in [6.45, 7) is 4.41. The molecule has 0 aliphatic heterocycles. The average Bonchev–Trinajstić information content (AvgIpc) is 3.46. The highest BCUT2D eigenvalue weighted by atomic mass is 32.2. The van der Waals surface area contributed by atoms with Gasteiger partial charge in [0.2, 0.25) is 0 Å². The lowest BCUT2D eigenvalue weighted by molar-refractivity contribution is -0.118. The van der Waals surface area contributed by atoms with E-state index < -0.39 is 0 Å². The van der Waals surface area contributed by atoms with Gasteiger partial charge < -0.3 is 4.74 Å². The summed E-state index contributed by atoms with van der Waals surface area (Å²) in [5.41, 5.74) is 5.93. The minimum atomic E-state index is -0.191. The standard InChI is InChI=1S/C20H19N7O2S2/c1-3-29-16-8-9-17-18(10-16)31-20(22-17)30-11-19(28)24-23-13(2)14-4-6-15(7-5-14)27-12-21-25-26-27/h4-10,12H,3,11H2,1-2H3,(H,24,28)/b23-13+. The summed E-state index contributed by atoms with van der Waals surface area (Å²) in [6.07, 6.45) is 1.52. The lowest BCUT2D eigenvalue weighted by Gasteiger charge is -2.04. The van der Waals surface area contributed by atoms with Gasteiger partial charge in [0.1, 0.15) is 12.1 Å². The van der Waals surface area contributed by atoms with E-state index in [1.165, 1.54) is 18.1 Å². The molecule has 2 heterocycles. The quantitative estimate of drug-likeness (QED) is 0.248. The van der Waals surface area contributed by atoms with Gasteiger partial charge >= 0.3 is 0 Å². The largest absolute Gasteiger partial charge is 0.494 e. The number of aromatic nitrogens is 5. The topological polar surface area (TPSA) is 107 Å². The Morgan fingerprint density at radius 1 is 1.26 bits per heavy atom. The number of carbonyl (C=O) groups excluding carboxylic acids is 1. The van der Waals surface area contributed by atoms with E-state index in [9.17, 15) is 4.79 Å². The second kappa shape index (κ2) is 9.67. The van der Waals surface area contributed by atoms with Gasteiger partial charge in [-0.1, -0.05) is 23.9 Å². The van der Waals surface area contributed by atoms with Crippen molar-refractivity contribution in [2.45, 2.75) is 18.2 Å². The van der Waals surface area contributed by atoms with Gasteiger partial charge in [-0.2, -0.15) is 5.10 Å². The molecule has 1 N–H and O–H groups in total. The molecular formula is C20H19N7O2S2. The normalized spacial score (nSPS) is 11.6. The monoisotopic (exact) mass is 453 g/mol. The minimum Gasteiger partial charge on any atom is -0.494 e. The van der Waals surface area contributed by atoms with Crippen LogP contribution in [0.15, 0.2) is 58.2 Å². The van der Waals surface area contributed by atoms with Gasteiger partial charge in [-0.3, -0.25) is 4.79 Å². The molecule has 0 fully saturated rings. The highest BCUT2D eigenvalue weighted by Crippen LogP contribution is 2.31. The first-order valence-corrected chi connectivity index (χ1v) is 11.3. The molecule has 0 aliphatic carbocycles.